The normalized spacial score (nSPS) is 14.8. The summed E-state index contributed by atoms with van der Waals surface area (Å²) in [4.78, 5) is 31.7. The maximum absolute atomic E-state index is 13.4. The van der Waals surface area contributed by atoms with Crippen LogP contribution in [0.1, 0.15) is 81.8 Å². The van der Waals surface area contributed by atoms with E-state index in [1.54, 1.807) is 27.7 Å². The van der Waals surface area contributed by atoms with Crippen LogP contribution in [0.25, 0.3) is 11.0 Å². The van der Waals surface area contributed by atoms with Crippen molar-refractivity contribution in [2.45, 2.75) is 79.1 Å². The second-order valence-electron chi connectivity index (χ2n) is 14.4. The molecule has 4 aromatic rings. The number of imidazole rings is 1. The highest BCUT2D eigenvalue weighted by Gasteiger charge is 2.41. The van der Waals surface area contributed by atoms with Crippen LogP contribution in [0, 0.1) is 11.3 Å². The first kappa shape index (κ1) is 36.3. The third-order valence-corrected chi connectivity index (χ3v) is 9.35. The SMILES string of the molecule is CC(C)(C)C(=O)NCc1ccc(Cl)c(Nc2nc3cc(C(N)=O)c(N4CCC(C(F)(F)F)CC4)cc3n2Cc2cc(C(C)(C)C)no2)c1Cl. The van der Waals surface area contributed by atoms with Crippen LogP contribution < -0.4 is 21.3 Å². The molecule has 0 atom stereocenters. The molecule has 3 heterocycles. The molecule has 0 unspecified atom stereocenters. The second kappa shape index (κ2) is 13.4. The summed E-state index contributed by atoms with van der Waals surface area (Å²) >= 11 is 13.5. The molecule has 0 spiro atoms. The standard InChI is InChI=1S/C34H40Cl2F3N7O3/c1-32(2,3)26-13-20(49-44-26)17-46-25-15-24(45-11-9-19(10-12-45)34(37,38)39)21(29(40)47)14-23(25)42-31(46)43-28-22(35)8-7-18(27(28)36)16-41-30(48)33(4,5)6/h7-8,13-15,19H,9-12,16-17H2,1-6H3,(H2,40,47)(H,41,48)(H,42,43). The molecule has 1 aliphatic heterocycles. The third kappa shape index (κ3) is 7.93. The minimum Gasteiger partial charge on any atom is -0.371 e. The van der Waals surface area contributed by atoms with E-state index in [-0.39, 0.29) is 71.9 Å². The molecule has 0 bridgehead atoms. The minimum atomic E-state index is -4.29. The number of fused-ring (bicyclic) bond motifs is 1. The summed E-state index contributed by atoms with van der Waals surface area (Å²) in [5.41, 5.74) is 8.08. The molecule has 15 heteroatoms. The Bertz CT molecular complexity index is 1880. The van der Waals surface area contributed by atoms with Crippen molar-refractivity contribution in [3.8, 4) is 0 Å². The Kier molecular flexibility index (Phi) is 9.92. The highest BCUT2D eigenvalue weighted by atomic mass is 35.5. The lowest BCUT2D eigenvalue weighted by molar-refractivity contribution is -0.179. The average Bonchev–Trinajstić information content (AvgIpc) is 3.62. The van der Waals surface area contributed by atoms with E-state index in [1.807, 2.05) is 47.6 Å². The van der Waals surface area contributed by atoms with Crippen molar-refractivity contribution in [3.05, 3.63) is 63.0 Å². The number of halogens is 5. The van der Waals surface area contributed by atoms with Crippen molar-refractivity contribution in [2.24, 2.45) is 17.1 Å². The number of nitrogens with zero attached hydrogens (tertiary/aromatic N) is 4. The van der Waals surface area contributed by atoms with Crippen molar-refractivity contribution >= 4 is 63.4 Å². The van der Waals surface area contributed by atoms with Gasteiger partial charge in [0.05, 0.1) is 56.2 Å². The van der Waals surface area contributed by atoms with Crippen LogP contribution in [-0.4, -0.2) is 45.8 Å². The molecule has 2 aromatic carbocycles. The van der Waals surface area contributed by atoms with Gasteiger partial charge >= 0.3 is 6.18 Å². The number of aromatic nitrogens is 3. The number of benzene rings is 2. The van der Waals surface area contributed by atoms with E-state index < -0.39 is 23.4 Å². The Balaban J connectivity index is 1.59. The first-order valence-corrected chi connectivity index (χ1v) is 16.6. The molecule has 1 fully saturated rings. The molecule has 0 saturated carbocycles. The average molecular weight is 723 g/mol. The quantitative estimate of drug-likeness (QED) is 0.168. The molecule has 0 radical (unpaired) electrons. The predicted molar refractivity (Wildman–Crippen MR) is 185 cm³/mol. The summed E-state index contributed by atoms with van der Waals surface area (Å²) in [6.45, 7) is 11.9. The number of carbonyl (C=O) groups is 2. The Morgan fingerprint density at radius 1 is 1.04 bits per heavy atom. The fraction of sp³-hybridized carbons (Fsp3) is 0.471. The van der Waals surface area contributed by atoms with E-state index in [2.05, 4.69) is 15.8 Å². The molecule has 264 valence electrons. The van der Waals surface area contributed by atoms with Gasteiger partial charge in [0, 0.05) is 36.5 Å². The Morgan fingerprint density at radius 2 is 1.71 bits per heavy atom. The van der Waals surface area contributed by atoms with E-state index >= 15 is 0 Å². The van der Waals surface area contributed by atoms with Crippen LogP contribution in [0.2, 0.25) is 10.0 Å². The van der Waals surface area contributed by atoms with Gasteiger partial charge in [-0.25, -0.2) is 4.98 Å². The van der Waals surface area contributed by atoms with Gasteiger partial charge in [0.2, 0.25) is 11.9 Å². The van der Waals surface area contributed by atoms with Gasteiger partial charge in [0.25, 0.3) is 5.91 Å². The van der Waals surface area contributed by atoms with E-state index in [9.17, 15) is 22.8 Å². The largest absolute Gasteiger partial charge is 0.391 e. The smallest absolute Gasteiger partial charge is 0.371 e. The lowest BCUT2D eigenvalue weighted by atomic mass is 9.92. The molecule has 49 heavy (non-hydrogen) atoms. The number of alkyl halides is 3. The molecule has 2 aromatic heterocycles. The van der Waals surface area contributed by atoms with Gasteiger partial charge in [-0.2, -0.15) is 13.2 Å². The summed E-state index contributed by atoms with van der Waals surface area (Å²) in [5, 5.41) is 10.9. The predicted octanol–water partition coefficient (Wildman–Crippen LogP) is 7.96. The summed E-state index contributed by atoms with van der Waals surface area (Å²) < 4.78 is 47.8. The molecule has 1 saturated heterocycles. The second-order valence-corrected chi connectivity index (χ2v) is 15.2. The molecule has 10 nitrogen and oxygen atoms in total. The van der Waals surface area contributed by atoms with Crippen LogP contribution in [-0.2, 0) is 23.3 Å². The van der Waals surface area contributed by atoms with Crippen molar-refractivity contribution in [3.63, 3.8) is 0 Å². The monoisotopic (exact) mass is 721 g/mol. The lowest BCUT2D eigenvalue weighted by Gasteiger charge is -2.35. The topological polar surface area (TPSA) is 131 Å². The lowest BCUT2D eigenvalue weighted by Crippen LogP contribution is -2.39. The van der Waals surface area contributed by atoms with Gasteiger partial charge in [-0.05, 0) is 36.6 Å². The number of rotatable bonds is 8. The highest BCUT2D eigenvalue weighted by molar-refractivity contribution is 6.39. The van der Waals surface area contributed by atoms with Crippen LogP contribution in [0.5, 0.6) is 0 Å². The molecule has 4 N–H and O–H groups in total. The number of amides is 2. The van der Waals surface area contributed by atoms with Crippen molar-refractivity contribution in [1.29, 1.82) is 0 Å². The summed E-state index contributed by atoms with van der Waals surface area (Å²) in [7, 11) is 0. The van der Waals surface area contributed by atoms with Crippen LogP contribution in [0.15, 0.2) is 34.9 Å². The zero-order valence-electron chi connectivity index (χ0n) is 28.2. The number of hydrogen-bond donors (Lipinski definition) is 3. The van der Waals surface area contributed by atoms with E-state index in [0.717, 1.165) is 5.69 Å². The van der Waals surface area contributed by atoms with E-state index in [1.165, 1.54) is 6.07 Å². The van der Waals surface area contributed by atoms with Crippen molar-refractivity contribution in [1.82, 2.24) is 20.0 Å². The Hall–Kier alpha value is -3.97. The number of piperidine rings is 1. The number of primary amides is 1. The maximum atomic E-state index is 13.4. The first-order valence-electron chi connectivity index (χ1n) is 15.9. The van der Waals surface area contributed by atoms with Crippen LogP contribution >= 0.6 is 23.2 Å². The zero-order chi connectivity index (χ0) is 36.1. The van der Waals surface area contributed by atoms with Crippen LogP contribution in [0.3, 0.4) is 0 Å². The zero-order valence-corrected chi connectivity index (χ0v) is 29.7. The fourth-order valence-electron chi connectivity index (χ4n) is 5.62. The summed E-state index contributed by atoms with van der Waals surface area (Å²) in [6, 6.07) is 8.46. The molecular weight excluding hydrogens is 682 g/mol. The third-order valence-electron chi connectivity index (χ3n) is 8.60. The molecular formula is C34H40Cl2F3N7O3. The Morgan fingerprint density at radius 3 is 2.29 bits per heavy atom. The number of hydrogen-bond acceptors (Lipinski definition) is 7. The van der Waals surface area contributed by atoms with Crippen LogP contribution in [0.4, 0.5) is 30.5 Å². The molecule has 1 aliphatic rings. The van der Waals surface area contributed by atoms with Gasteiger partial charge in [-0.15, -0.1) is 0 Å². The summed E-state index contributed by atoms with van der Waals surface area (Å²) in [5.74, 6) is -1.51. The molecule has 2 amide bonds. The first-order chi connectivity index (χ1) is 22.7. The maximum Gasteiger partial charge on any atom is 0.391 e. The van der Waals surface area contributed by atoms with E-state index in [0.29, 0.717) is 33.7 Å². The fourth-order valence-corrected chi connectivity index (χ4v) is 6.15. The summed E-state index contributed by atoms with van der Waals surface area (Å²) in [6.07, 6.45) is -4.51. The van der Waals surface area contributed by atoms with Gasteiger partial charge in [0.15, 0.2) is 5.76 Å². The highest BCUT2D eigenvalue weighted by Crippen LogP contribution is 2.40. The van der Waals surface area contributed by atoms with Gasteiger partial charge in [-0.1, -0.05) is 76.0 Å². The Labute approximate surface area is 292 Å². The van der Waals surface area contributed by atoms with Gasteiger partial charge < -0.3 is 30.4 Å². The van der Waals surface area contributed by atoms with Crippen molar-refractivity contribution < 1.29 is 27.3 Å². The minimum absolute atomic E-state index is 0.0933. The molecule has 5 rings (SSSR count). The number of anilines is 3. The van der Waals surface area contributed by atoms with Crippen molar-refractivity contribution in [2.75, 3.05) is 23.3 Å². The van der Waals surface area contributed by atoms with Gasteiger partial charge in [-0.3, -0.25) is 9.59 Å². The number of nitrogens with one attached hydrogen (secondary N) is 2. The number of carbonyl (C=O) groups excluding carboxylic acids is 2. The van der Waals surface area contributed by atoms with E-state index in [4.69, 9.17) is 38.4 Å². The number of nitrogens with two attached hydrogens (primary N) is 1. The van der Waals surface area contributed by atoms with Gasteiger partial charge in [0.1, 0.15) is 0 Å². The molecule has 0 aliphatic carbocycles.